The highest BCUT2D eigenvalue weighted by molar-refractivity contribution is 6.01. The molecule has 1 aliphatic heterocycles. The van der Waals surface area contributed by atoms with Gasteiger partial charge >= 0.3 is 0 Å². The fourth-order valence-corrected chi connectivity index (χ4v) is 2.49. The van der Waals surface area contributed by atoms with Crippen LogP contribution in [0, 0.1) is 13.8 Å². The number of aliphatic imine (C=N–C) groups is 1. The summed E-state index contributed by atoms with van der Waals surface area (Å²) >= 11 is 0. The third-order valence-corrected chi connectivity index (χ3v) is 3.46. The number of aryl methyl sites for hydroxylation is 2. The molecule has 0 aliphatic carbocycles. The van der Waals surface area contributed by atoms with Crippen LogP contribution in [0.1, 0.15) is 29.8 Å². The third kappa shape index (κ3) is 1.86. The largest absolute Gasteiger partial charge is 0.303 e. The summed E-state index contributed by atoms with van der Waals surface area (Å²) in [5.74, 6) is 0.984. The van der Waals surface area contributed by atoms with Crippen LogP contribution in [0.4, 0.5) is 0 Å². The first-order valence-corrected chi connectivity index (χ1v) is 6.41. The van der Waals surface area contributed by atoms with Crippen LogP contribution in [0.15, 0.2) is 35.5 Å². The summed E-state index contributed by atoms with van der Waals surface area (Å²) in [6.07, 6.45) is 4.20. The molecule has 0 saturated heterocycles. The van der Waals surface area contributed by atoms with E-state index in [1.54, 1.807) is 0 Å². The fourth-order valence-electron chi connectivity index (χ4n) is 2.49. The van der Waals surface area contributed by atoms with Gasteiger partial charge in [0.15, 0.2) is 0 Å². The molecule has 0 radical (unpaired) electrons. The Labute approximate surface area is 107 Å². The van der Waals surface area contributed by atoms with Crippen LogP contribution < -0.4 is 0 Å². The standard InChI is InChI=1S/C15H17N3/c1-11-5-6-12(2)18(11)15-8-7-13(10-17-15)14-4-3-9-16-14/h5-8,10H,3-4,9H2,1-2H3. The zero-order valence-electron chi connectivity index (χ0n) is 10.8. The third-order valence-electron chi connectivity index (χ3n) is 3.46. The zero-order chi connectivity index (χ0) is 12.5. The fraction of sp³-hybridized carbons (Fsp3) is 0.333. The average Bonchev–Trinajstić information content (AvgIpc) is 3.01. The van der Waals surface area contributed by atoms with Crippen molar-refractivity contribution in [3.8, 4) is 5.82 Å². The van der Waals surface area contributed by atoms with Crippen LogP contribution >= 0.6 is 0 Å². The summed E-state index contributed by atoms with van der Waals surface area (Å²) < 4.78 is 2.17. The van der Waals surface area contributed by atoms with E-state index in [4.69, 9.17) is 0 Å². The summed E-state index contributed by atoms with van der Waals surface area (Å²) in [6, 6.07) is 8.44. The first-order chi connectivity index (χ1) is 8.75. The van der Waals surface area contributed by atoms with Gasteiger partial charge in [0.25, 0.3) is 0 Å². The molecule has 3 heterocycles. The molecule has 0 saturated carbocycles. The van der Waals surface area contributed by atoms with Gasteiger partial charge in [-0.2, -0.15) is 0 Å². The molecule has 92 valence electrons. The quantitative estimate of drug-likeness (QED) is 0.792. The Morgan fingerprint density at radius 1 is 1.06 bits per heavy atom. The smallest absolute Gasteiger partial charge is 0.136 e. The van der Waals surface area contributed by atoms with E-state index >= 15 is 0 Å². The van der Waals surface area contributed by atoms with Gasteiger partial charge in [-0.25, -0.2) is 4.98 Å². The van der Waals surface area contributed by atoms with Gasteiger partial charge in [0, 0.05) is 35.4 Å². The van der Waals surface area contributed by atoms with Gasteiger partial charge in [-0.3, -0.25) is 4.99 Å². The highest BCUT2D eigenvalue weighted by Crippen LogP contribution is 2.17. The Bertz CT molecular complexity index is 571. The van der Waals surface area contributed by atoms with Gasteiger partial charge in [-0.1, -0.05) is 0 Å². The predicted molar refractivity (Wildman–Crippen MR) is 73.7 cm³/mol. The molecule has 0 fully saturated rings. The van der Waals surface area contributed by atoms with Crippen LogP contribution in [0.3, 0.4) is 0 Å². The van der Waals surface area contributed by atoms with E-state index in [0.29, 0.717) is 0 Å². The van der Waals surface area contributed by atoms with Gasteiger partial charge in [0.2, 0.25) is 0 Å². The summed E-state index contributed by atoms with van der Waals surface area (Å²) in [4.78, 5) is 9.07. The maximum absolute atomic E-state index is 4.57. The maximum atomic E-state index is 4.57. The molecule has 2 aromatic rings. The lowest BCUT2D eigenvalue weighted by atomic mass is 10.1. The molecule has 0 N–H and O–H groups in total. The molecule has 18 heavy (non-hydrogen) atoms. The second-order valence-electron chi connectivity index (χ2n) is 4.79. The van der Waals surface area contributed by atoms with E-state index in [1.165, 1.54) is 29.1 Å². The van der Waals surface area contributed by atoms with Crippen LogP contribution in [0.2, 0.25) is 0 Å². The van der Waals surface area contributed by atoms with Crippen molar-refractivity contribution in [3.05, 3.63) is 47.4 Å². The number of nitrogens with zero attached hydrogens (tertiary/aromatic N) is 3. The SMILES string of the molecule is Cc1ccc(C)n1-c1ccc(C2=NCCC2)cn1. The molecule has 1 aliphatic rings. The van der Waals surface area contributed by atoms with Crippen LogP contribution in [-0.4, -0.2) is 21.8 Å². The number of pyridine rings is 1. The van der Waals surface area contributed by atoms with E-state index in [-0.39, 0.29) is 0 Å². The summed E-state index contributed by atoms with van der Waals surface area (Å²) in [6.45, 7) is 5.17. The lowest BCUT2D eigenvalue weighted by Crippen LogP contribution is -2.03. The molecule has 3 heteroatoms. The molecule has 0 bridgehead atoms. The first kappa shape index (κ1) is 11.2. The summed E-state index contributed by atoms with van der Waals surface area (Å²) in [7, 11) is 0. The Morgan fingerprint density at radius 3 is 2.39 bits per heavy atom. The number of aromatic nitrogens is 2. The molecular weight excluding hydrogens is 222 g/mol. The highest BCUT2D eigenvalue weighted by atomic mass is 15.1. The van der Waals surface area contributed by atoms with Gasteiger partial charge in [-0.05, 0) is 51.0 Å². The monoisotopic (exact) mass is 239 g/mol. The van der Waals surface area contributed by atoms with E-state index in [0.717, 1.165) is 18.8 Å². The first-order valence-electron chi connectivity index (χ1n) is 6.41. The van der Waals surface area contributed by atoms with Crippen molar-refractivity contribution in [2.24, 2.45) is 4.99 Å². The molecule has 0 atom stereocenters. The molecule has 3 rings (SSSR count). The predicted octanol–water partition coefficient (Wildman–Crippen LogP) is 3.07. The van der Waals surface area contributed by atoms with Crippen molar-refractivity contribution in [2.45, 2.75) is 26.7 Å². The Morgan fingerprint density at radius 2 is 1.83 bits per heavy atom. The van der Waals surface area contributed by atoms with Gasteiger partial charge in [-0.15, -0.1) is 0 Å². The molecule has 0 unspecified atom stereocenters. The Kier molecular flexibility index (Phi) is 2.74. The molecule has 0 aromatic carbocycles. The molecule has 0 amide bonds. The second kappa shape index (κ2) is 4.41. The van der Waals surface area contributed by atoms with Crippen LogP contribution in [-0.2, 0) is 0 Å². The van der Waals surface area contributed by atoms with Gasteiger partial charge in [0.05, 0.1) is 0 Å². The van der Waals surface area contributed by atoms with Crippen molar-refractivity contribution >= 4 is 5.71 Å². The van der Waals surface area contributed by atoms with Gasteiger partial charge in [0.1, 0.15) is 5.82 Å². The zero-order valence-corrected chi connectivity index (χ0v) is 10.8. The number of hydrogen-bond acceptors (Lipinski definition) is 2. The lowest BCUT2D eigenvalue weighted by molar-refractivity contribution is 0.921. The van der Waals surface area contributed by atoms with Crippen LogP contribution in [0.5, 0.6) is 0 Å². The summed E-state index contributed by atoms with van der Waals surface area (Å²) in [5, 5.41) is 0. The number of hydrogen-bond donors (Lipinski definition) is 0. The average molecular weight is 239 g/mol. The van der Waals surface area contributed by atoms with E-state index < -0.39 is 0 Å². The van der Waals surface area contributed by atoms with Crippen molar-refractivity contribution in [3.63, 3.8) is 0 Å². The van der Waals surface area contributed by atoms with E-state index in [9.17, 15) is 0 Å². The normalized spacial score (nSPS) is 14.9. The molecule has 3 nitrogen and oxygen atoms in total. The van der Waals surface area contributed by atoms with Gasteiger partial charge < -0.3 is 4.57 Å². The molecule has 0 spiro atoms. The molecule has 2 aromatic heterocycles. The number of rotatable bonds is 2. The van der Waals surface area contributed by atoms with Crippen molar-refractivity contribution in [2.75, 3.05) is 6.54 Å². The minimum Gasteiger partial charge on any atom is -0.303 e. The van der Waals surface area contributed by atoms with E-state index in [1.807, 2.05) is 6.20 Å². The Hall–Kier alpha value is -1.90. The van der Waals surface area contributed by atoms with E-state index in [2.05, 4.69) is 52.7 Å². The summed E-state index contributed by atoms with van der Waals surface area (Å²) in [5.41, 5.74) is 4.80. The Balaban J connectivity index is 1.96. The lowest BCUT2D eigenvalue weighted by Gasteiger charge is -2.09. The minimum atomic E-state index is 0.965. The van der Waals surface area contributed by atoms with Crippen molar-refractivity contribution < 1.29 is 0 Å². The molecular formula is C15H17N3. The maximum Gasteiger partial charge on any atom is 0.136 e. The van der Waals surface area contributed by atoms with Crippen molar-refractivity contribution in [1.82, 2.24) is 9.55 Å². The van der Waals surface area contributed by atoms with Crippen LogP contribution in [0.25, 0.3) is 5.82 Å². The second-order valence-corrected chi connectivity index (χ2v) is 4.79. The van der Waals surface area contributed by atoms with Crippen molar-refractivity contribution in [1.29, 1.82) is 0 Å². The topological polar surface area (TPSA) is 30.2 Å². The minimum absolute atomic E-state index is 0.965. The highest BCUT2D eigenvalue weighted by Gasteiger charge is 2.10.